The van der Waals surface area contributed by atoms with Crippen molar-refractivity contribution in [2.24, 2.45) is 4.99 Å². The minimum atomic E-state index is 1.00. The summed E-state index contributed by atoms with van der Waals surface area (Å²) in [5.74, 6) is 1.00. The van der Waals surface area contributed by atoms with Crippen LogP contribution in [-0.2, 0) is 0 Å². The third-order valence-electron chi connectivity index (χ3n) is 0.582. The Morgan fingerprint density at radius 1 is 1.71 bits per heavy atom. The summed E-state index contributed by atoms with van der Waals surface area (Å²) in [6.45, 7) is 0. The monoisotopic (exact) mass is 114 g/mol. The first-order chi connectivity index (χ1) is 3.50. The zero-order chi connectivity index (χ0) is 4.95. The Labute approximate surface area is 46.8 Å². The summed E-state index contributed by atoms with van der Waals surface area (Å²) in [7, 11) is 0. The van der Waals surface area contributed by atoms with Crippen LogP contribution in [0.25, 0.3) is 0 Å². The molecule has 1 N–H and O–H groups in total. The summed E-state index contributed by atoms with van der Waals surface area (Å²) in [4.78, 5) is 3.83. The van der Waals surface area contributed by atoms with Gasteiger partial charge in [0.05, 0.1) is 6.34 Å². The summed E-state index contributed by atoms with van der Waals surface area (Å²) < 4.78 is 2.91. The van der Waals surface area contributed by atoms with Gasteiger partial charge in [0.1, 0.15) is 0 Å². The van der Waals surface area contributed by atoms with E-state index in [1.165, 1.54) is 0 Å². The molecule has 0 spiro atoms. The first kappa shape index (κ1) is 4.71. The van der Waals surface area contributed by atoms with Crippen molar-refractivity contribution < 1.29 is 0 Å². The van der Waals surface area contributed by atoms with Crippen LogP contribution in [0.5, 0.6) is 0 Å². The summed E-state index contributed by atoms with van der Waals surface area (Å²) in [5, 5.41) is 0. The van der Waals surface area contributed by atoms with Crippen molar-refractivity contribution in [1.82, 2.24) is 4.72 Å². The lowest BCUT2D eigenvalue weighted by Gasteiger charge is -1.86. The van der Waals surface area contributed by atoms with Crippen molar-refractivity contribution in [2.45, 2.75) is 0 Å². The first-order valence-corrected chi connectivity index (χ1v) is 3.03. The molecule has 1 aliphatic heterocycles. The Bertz CT molecular complexity index is 85.9. The van der Waals surface area contributed by atoms with Crippen LogP contribution in [0.3, 0.4) is 0 Å². The molecule has 0 unspecified atom stereocenters. The molecule has 0 amide bonds. The topological polar surface area (TPSA) is 24.4 Å². The van der Waals surface area contributed by atoms with Crippen LogP contribution in [0.15, 0.2) is 17.3 Å². The number of nitrogens with zero attached hydrogens (tertiary/aromatic N) is 1. The largest absolute Gasteiger partial charge is 0.320 e. The maximum absolute atomic E-state index is 3.83. The van der Waals surface area contributed by atoms with Crippen LogP contribution in [0.2, 0.25) is 0 Å². The molecule has 0 radical (unpaired) electrons. The van der Waals surface area contributed by atoms with Crippen molar-refractivity contribution in [3.05, 3.63) is 12.3 Å². The lowest BCUT2D eigenvalue weighted by atomic mass is 10.7. The van der Waals surface area contributed by atoms with Gasteiger partial charge in [-0.1, -0.05) is 6.08 Å². The van der Waals surface area contributed by atoms with E-state index in [9.17, 15) is 0 Å². The van der Waals surface area contributed by atoms with Crippen molar-refractivity contribution in [2.75, 3.05) is 5.75 Å². The second-order valence-electron chi connectivity index (χ2n) is 1.09. The van der Waals surface area contributed by atoms with E-state index < -0.39 is 0 Å². The van der Waals surface area contributed by atoms with Crippen LogP contribution in [-0.4, -0.2) is 12.1 Å². The van der Waals surface area contributed by atoms with E-state index in [-0.39, 0.29) is 0 Å². The molecule has 38 valence electrons. The molecular weight excluding hydrogens is 108 g/mol. The number of rotatable bonds is 0. The van der Waals surface area contributed by atoms with E-state index in [0.717, 1.165) is 5.75 Å². The predicted octanol–water partition coefficient (Wildman–Crippen LogP) is 0.780. The van der Waals surface area contributed by atoms with Gasteiger partial charge in [-0.05, 0) is 11.9 Å². The van der Waals surface area contributed by atoms with Crippen molar-refractivity contribution in [1.29, 1.82) is 0 Å². The maximum atomic E-state index is 3.83. The Morgan fingerprint density at radius 2 is 2.71 bits per heavy atom. The SMILES string of the molecule is C1=CN=CNSC1. The summed E-state index contributed by atoms with van der Waals surface area (Å²) in [6, 6.07) is 0. The molecule has 0 saturated carbocycles. The molecule has 0 aromatic rings. The molecule has 0 bridgehead atoms. The van der Waals surface area contributed by atoms with Gasteiger partial charge in [-0.3, -0.25) is 0 Å². The van der Waals surface area contributed by atoms with E-state index in [1.54, 1.807) is 24.5 Å². The Morgan fingerprint density at radius 3 is 3.71 bits per heavy atom. The Hall–Kier alpha value is -0.440. The molecule has 1 aliphatic rings. The average molecular weight is 114 g/mol. The second kappa shape index (κ2) is 2.69. The predicted molar refractivity (Wildman–Crippen MR) is 33.2 cm³/mol. The lowest BCUT2D eigenvalue weighted by molar-refractivity contribution is 1.51. The molecule has 0 saturated heterocycles. The minimum Gasteiger partial charge on any atom is -0.320 e. The molecule has 7 heavy (non-hydrogen) atoms. The van der Waals surface area contributed by atoms with E-state index in [1.807, 2.05) is 6.08 Å². The van der Waals surface area contributed by atoms with E-state index in [2.05, 4.69) is 9.71 Å². The standard InChI is InChI=1S/C4H6N2S/c1-2-5-4-6-7-3-1/h1-2,4H,3H2,(H,5,6). The molecule has 0 aliphatic carbocycles. The van der Waals surface area contributed by atoms with Crippen molar-refractivity contribution in [3.8, 4) is 0 Å². The van der Waals surface area contributed by atoms with Crippen molar-refractivity contribution >= 4 is 18.3 Å². The van der Waals surface area contributed by atoms with Crippen LogP contribution in [0, 0.1) is 0 Å². The maximum Gasteiger partial charge on any atom is 0.0977 e. The molecule has 0 aromatic heterocycles. The van der Waals surface area contributed by atoms with Gasteiger partial charge in [-0.25, -0.2) is 4.99 Å². The van der Waals surface area contributed by atoms with Crippen LogP contribution < -0.4 is 4.72 Å². The third kappa shape index (κ3) is 1.64. The van der Waals surface area contributed by atoms with Gasteiger partial charge in [0.25, 0.3) is 0 Å². The number of hydrogen-bond acceptors (Lipinski definition) is 3. The van der Waals surface area contributed by atoms with Gasteiger partial charge in [-0.15, -0.1) is 0 Å². The van der Waals surface area contributed by atoms with Gasteiger partial charge in [-0.2, -0.15) is 0 Å². The van der Waals surface area contributed by atoms with E-state index in [4.69, 9.17) is 0 Å². The molecule has 0 aromatic carbocycles. The fourth-order valence-electron chi connectivity index (χ4n) is 0.311. The summed E-state index contributed by atoms with van der Waals surface area (Å²) in [6.07, 6.45) is 5.46. The zero-order valence-corrected chi connectivity index (χ0v) is 4.61. The number of aliphatic imine (C=N–C) groups is 1. The molecule has 0 atom stereocenters. The zero-order valence-electron chi connectivity index (χ0n) is 3.79. The Kier molecular flexibility index (Phi) is 1.81. The van der Waals surface area contributed by atoms with Crippen molar-refractivity contribution in [3.63, 3.8) is 0 Å². The third-order valence-corrected chi connectivity index (χ3v) is 1.21. The van der Waals surface area contributed by atoms with Crippen LogP contribution >= 0.6 is 11.9 Å². The normalized spacial score (nSPS) is 18.3. The quantitative estimate of drug-likeness (QED) is 0.471. The van der Waals surface area contributed by atoms with Crippen LogP contribution in [0.1, 0.15) is 0 Å². The summed E-state index contributed by atoms with van der Waals surface area (Å²) in [5.41, 5.74) is 0. The minimum absolute atomic E-state index is 1.00. The Balaban J connectivity index is 2.39. The molecule has 0 fully saturated rings. The van der Waals surface area contributed by atoms with Gasteiger partial charge >= 0.3 is 0 Å². The van der Waals surface area contributed by atoms with E-state index in [0.29, 0.717) is 0 Å². The van der Waals surface area contributed by atoms with E-state index >= 15 is 0 Å². The lowest BCUT2D eigenvalue weighted by Crippen LogP contribution is -1.96. The number of hydrogen-bond donors (Lipinski definition) is 1. The highest BCUT2D eigenvalue weighted by molar-refractivity contribution is 7.98. The van der Waals surface area contributed by atoms with Gasteiger partial charge in [0.15, 0.2) is 0 Å². The first-order valence-electron chi connectivity index (χ1n) is 2.04. The van der Waals surface area contributed by atoms with Crippen LogP contribution in [0.4, 0.5) is 0 Å². The van der Waals surface area contributed by atoms with Gasteiger partial charge in [0, 0.05) is 12.0 Å². The second-order valence-corrected chi connectivity index (χ2v) is 1.95. The fraction of sp³-hybridized carbons (Fsp3) is 0.250. The molecule has 2 nitrogen and oxygen atoms in total. The smallest absolute Gasteiger partial charge is 0.0977 e. The average Bonchev–Trinajstić information content (AvgIpc) is 1.90. The highest BCUT2D eigenvalue weighted by Gasteiger charge is 1.79. The summed E-state index contributed by atoms with van der Waals surface area (Å²) >= 11 is 1.63. The molecule has 1 rings (SSSR count). The molecular formula is C4H6N2S. The number of nitrogens with one attached hydrogen (secondary N) is 1. The van der Waals surface area contributed by atoms with Gasteiger partial charge in [0.2, 0.25) is 0 Å². The highest BCUT2D eigenvalue weighted by atomic mass is 32.2. The fourth-order valence-corrected chi connectivity index (χ4v) is 0.725. The van der Waals surface area contributed by atoms with Gasteiger partial charge < -0.3 is 4.72 Å². The molecule has 1 heterocycles. The highest BCUT2D eigenvalue weighted by Crippen LogP contribution is 1.93. The molecule has 3 heteroatoms.